The van der Waals surface area contributed by atoms with Crippen LogP contribution < -0.4 is 0 Å². The van der Waals surface area contributed by atoms with E-state index in [9.17, 15) is 9.59 Å². The molecule has 0 N–H and O–H groups in total. The molecule has 5 nitrogen and oxygen atoms in total. The highest BCUT2D eigenvalue weighted by Crippen LogP contribution is 2.22. The van der Waals surface area contributed by atoms with Crippen molar-refractivity contribution in [2.24, 2.45) is 0 Å². The van der Waals surface area contributed by atoms with Gasteiger partial charge in [-0.2, -0.15) is 0 Å². The van der Waals surface area contributed by atoms with E-state index in [4.69, 9.17) is 4.74 Å². The van der Waals surface area contributed by atoms with Crippen molar-refractivity contribution >= 4 is 12.1 Å². The van der Waals surface area contributed by atoms with Gasteiger partial charge < -0.3 is 14.4 Å². The topological polar surface area (TPSA) is 55.8 Å². The number of benzene rings is 1. The van der Waals surface area contributed by atoms with Crippen LogP contribution in [0.5, 0.6) is 0 Å². The van der Waals surface area contributed by atoms with Crippen LogP contribution in [0.15, 0.2) is 12.1 Å². The summed E-state index contributed by atoms with van der Waals surface area (Å²) in [4.78, 5) is 25.4. The Labute approximate surface area is 131 Å². The highest BCUT2D eigenvalue weighted by atomic mass is 16.7. The average molecular weight is 305 g/mol. The van der Waals surface area contributed by atoms with Crippen molar-refractivity contribution in [3.63, 3.8) is 0 Å². The Kier molecular flexibility index (Phi) is 5.06. The number of carbonyl (C=O) groups excluding carboxylic acids is 2. The number of likely N-dealkylation sites (tertiary alicyclic amines) is 1. The summed E-state index contributed by atoms with van der Waals surface area (Å²) in [5.74, 6) is -0.0160. The largest absolute Gasteiger partial charge is 0.509 e. The van der Waals surface area contributed by atoms with Crippen LogP contribution in [0.25, 0.3) is 0 Å². The SMILES string of the molecule is COC(=O)OC1CCCN1C(=O)Cc1cc(C)c(C)cc1C. The maximum Gasteiger partial charge on any atom is 0.509 e. The lowest BCUT2D eigenvalue weighted by atomic mass is 9.98. The normalized spacial score (nSPS) is 17.5. The summed E-state index contributed by atoms with van der Waals surface area (Å²) >= 11 is 0. The fourth-order valence-electron chi connectivity index (χ4n) is 2.78. The lowest BCUT2D eigenvalue weighted by Crippen LogP contribution is -2.39. The molecule has 1 atom stereocenters. The molecule has 2 rings (SSSR count). The molecule has 0 aliphatic carbocycles. The van der Waals surface area contributed by atoms with E-state index >= 15 is 0 Å². The van der Waals surface area contributed by atoms with Gasteiger partial charge in [0.15, 0.2) is 6.23 Å². The molecular weight excluding hydrogens is 282 g/mol. The van der Waals surface area contributed by atoms with Gasteiger partial charge in [-0.05, 0) is 49.4 Å². The molecule has 1 aliphatic heterocycles. The van der Waals surface area contributed by atoms with Crippen LogP contribution in [-0.4, -0.2) is 36.8 Å². The second kappa shape index (κ2) is 6.81. The van der Waals surface area contributed by atoms with Gasteiger partial charge in [-0.25, -0.2) is 4.79 Å². The fourth-order valence-corrected chi connectivity index (χ4v) is 2.78. The van der Waals surface area contributed by atoms with Gasteiger partial charge in [0.05, 0.1) is 13.5 Å². The van der Waals surface area contributed by atoms with E-state index in [2.05, 4.69) is 23.8 Å². The van der Waals surface area contributed by atoms with Gasteiger partial charge in [0, 0.05) is 13.0 Å². The third-order valence-corrected chi connectivity index (χ3v) is 4.21. The van der Waals surface area contributed by atoms with Crippen LogP contribution in [0.3, 0.4) is 0 Å². The number of aryl methyl sites for hydroxylation is 3. The van der Waals surface area contributed by atoms with Crippen molar-refractivity contribution in [2.45, 2.75) is 46.3 Å². The van der Waals surface area contributed by atoms with E-state index in [-0.39, 0.29) is 5.91 Å². The van der Waals surface area contributed by atoms with E-state index in [0.29, 0.717) is 19.4 Å². The van der Waals surface area contributed by atoms with Crippen molar-refractivity contribution in [1.82, 2.24) is 4.90 Å². The van der Waals surface area contributed by atoms with Crippen molar-refractivity contribution in [3.8, 4) is 0 Å². The average Bonchev–Trinajstić information content (AvgIpc) is 2.92. The van der Waals surface area contributed by atoms with Gasteiger partial charge in [-0.3, -0.25) is 4.79 Å². The second-order valence-corrected chi connectivity index (χ2v) is 5.80. The van der Waals surface area contributed by atoms with Gasteiger partial charge in [0.2, 0.25) is 5.91 Å². The minimum Gasteiger partial charge on any atom is -0.438 e. The Morgan fingerprint density at radius 2 is 1.86 bits per heavy atom. The fraction of sp³-hybridized carbons (Fsp3) is 0.529. The van der Waals surface area contributed by atoms with E-state index in [1.807, 2.05) is 13.8 Å². The molecule has 1 fully saturated rings. The maximum absolute atomic E-state index is 12.5. The Morgan fingerprint density at radius 1 is 1.18 bits per heavy atom. The first kappa shape index (κ1) is 16.3. The predicted octanol–water partition coefficient (Wildman–Crippen LogP) is 2.89. The van der Waals surface area contributed by atoms with Crippen LogP contribution >= 0.6 is 0 Å². The van der Waals surface area contributed by atoms with E-state index in [1.165, 1.54) is 18.2 Å². The lowest BCUT2D eigenvalue weighted by Gasteiger charge is -2.24. The van der Waals surface area contributed by atoms with Crippen LogP contribution in [-0.2, 0) is 20.7 Å². The molecule has 22 heavy (non-hydrogen) atoms. The first-order chi connectivity index (χ1) is 10.4. The zero-order chi connectivity index (χ0) is 16.3. The molecule has 5 heteroatoms. The molecule has 1 saturated heterocycles. The minimum absolute atomic E-state index is 0.0160. The molecule has 1 amide bonds. The van der Waals surface area contributed by atoms with Gasteiger partial charge in [0.1, 0.15) is 0 Å². The summed E-state index contributed by atoms with van der Waals surface area (Å²) in [7, 11) is 1.27. The Balaban J connectivity index is 2.08. The summed E-state index contributed by atoms with van der Waals surface area (Å²) in [6, 6.07) is 4.17. The van der Waals surface area contributed by atoms with E-state index in [0.717, 1.165) is 17.5 Å². The summed E-state index contributed by atoms with van der Waals surface area (Å²) < 4.78 is 9.66. The molecule has 120 valence electrons. The number of nitrogens with zero attached hydrogens (tertiary/aromatic N) is 1. The second-order valence-electron chi connectivity index (χ2n) is 5.80. The van der Waals surface area contributed by atoms with Gasteiger partial charge in [-0.15, -0.1) is 0 Å². The molecule has 1 aliphatic rings. The Bertz CT molecular complexity index is 582. The zero-order valence-electron chi connectivity index (χ0n) is 13.6. The number of hydrogen-bond acceptors (Lipinski definition) is 4. The van der Waals surface area contributed by atoms with E-state index in [1.54, 1.807) is 4.90 Å². The molecule has 0 saturated carbocycles. The molecule has 0 spiro atoms. The monoisotopic (exact) mass is 305 g/mol. The smallest absolute Gasteiger partial charge is 0.438 e. The van der Waals surface area contributed by atoms with Crippen molar-refractivity contribution in [1.29, 1.82) is 0 Å². The molecule has 1 aromatic carbocycles. The summed E-state index contributed by atoms with van der Waals surface area (Å²) in [5.41, 5.74) is 4.54. The first-order valence-electron chi connectivity index (χ1n) is 7.53. The number of carbonyl (C=O) groups is 2. The van der Waals surface area contributed by atoms with Crippen LogP contribution in [0.2, 0.25) is 0 Å². The van der Waals surface area contributed by atoms with Crippen molar-refractivity contribution < 1.29 is 19.1 Å². The summed E-state index contributed by atoms with van der Waals surface area (Å²) in [5, 5.41) is 0. The quantitative estimate of drug-likeness (QED) is 0.806. The van der Waals surface area contributed by atoms with Gasteiger partial charge in [0.25, 0.3) is 0 Å². The van der Waals surface area contributed by atoms with E-state index < -0.39 is 12.4 Å². The number of rotatable bonds is 3. The standard InChI is InChI=1S/C17H23NO4/c1-11-8-13(3)14(9-12(11)2)10-15(19)18-7-5-6-16(18)22-17(20)21-4/h8-9,16H,5-7,10H2,1-4H3. The van der Waals surface area contributed by atoms with Gasteiger partial charge in [-0.1, -0.05) is 12.1 Å². The third kappa shape index (κ3) is 3.59. The highest BCUT2D eigenvalue weighted by Gasteiger charge is 2.32. The molecule has 1 heterocycles. The Morgan fingerprint density at radius 3 is 2.55 bits per heavy atom. The highest BCUT2D eigenvalue weighted by molar-refractivity contribution is 5.80. The predicted molar refractivity (Wildman–Crippen MR) is 82.6 cm³/mol. The molecule has 1 unspecified atom stereocenters. The molecule has 0 aromatic heterocycles. The number of ether oxygens (including phenoxy) is 2. The number of hydrogen-bond donors (Lipinski definition) is 0. The zero-order valence-corrected chi connectivity index (χ0v) is 13.6. The number of methoxy groups -OCH3 is 1. The Hall–Kier alpha value is -2.04. The number of amides is 1. The molecule has 0 bridgehead atoms. The van der Waals surface area contributed by atoms with Crippen LogP contribution in [0.1, 0.15) is 35.1 Å². The minimum atomic E-state index is -0.743. The third-order valence-electron chi connectivity index (χ3n) is 4.21. The molecule has 1 aromatic rings. The van der Waals surface area contributed by atoms with Crippen LogP contribution in [0, 0.1) is 20.8 Å². The van der Waals surface area contributed by atoms with Gasteiger partial charge >= 0.3 is 6.16 Å². The maximum atomic E-state index is 12.5. The summed E-state index contributed by atoms with van der Waals surface area (Å²) in [6.45, 7) is 6.74. The molecular formula is C17H23NO4. The lowest BCUT2D eigenvalue weighted by molar-refractivity contribution is -0.138. The van der Waals surface area contributed by atoms with Crippen molar-refractivity contribution in [2.75, 3.05) is 13.7 Å². The first-order valence-corrected chi connectivity index (χ1v) is 7.53. The van der Waals surface area contributed by atoms with Crippen LogP contribution in [0.4, 0.5) is 4.79 Å². The summed E-state index contributed by atoms with van der Waals surface area (Å²) in [6.07, 6.45) is 0.568. The van der Waals surface area contributed by atoms with Crippen molar-refractivity contribution in [3.05, 3.63) is 34.4 Å². The molecule has 0 radical (unpaired) electrons.